The summed E-state index contributed by atoms with van der Waals surface area (Å²) in [4.78, 5) is 19.6. The topological polar surface area (TPSA) is 76.1 Å². The molecule has 24 heavy (non-hydrogen) atoms. The van der Waals surface area contributed by atoms with Crippen LogP contribution in [0.3, 0.4) is 0 Å². The van der Waals surface area contributed by atoms with Crippen molar-refractivity contribution in [3.8, 4) is 5.88 Å². The number of nitrogens with zero attached hydrogens (tertiary/aromatic N) is 2. The average molecular weight is 344 g/mol. The van der Waals surface area contributed by atoms with Gasteiger partial charge in [0.05, 0.1) is 6.54 Å². The van der Waals surface area contributed by atoms with Crippen LogP contribution in [-0.4, -0.2) is 34.8 Å². The van der Waals surface area contributed by atoms with Gasteiger partial charge in [-0.3, -0.25) is 0 Å². The van der Waals surface area contributed by atoms with E-state index in [2.05, 4.69) is 25.3 Å². The molecule has 2 amide bonds. The van der Waals surface area contributed by atoms with Gasteiger partial charge in [0.15, 0.2) is 12.4 Å². The second-order valence-electron chi connectivity index (χ2n) is 6.50. The van der Waals surface area contributed by atoms with Crippen LogP contribution in [0.15, 0.2) is 12.3 Å². The van der Waals surface area contributed by atoms with Crippen molar-refractivity contribution in [3.63, 3.8) is 0 Å². The van der Waals surface area contributed by atoms with Crippen LogP contribution in [0.4, 0.5) is 18.0 Å². The average Bonchev–Trinajstić information content (AvgIpc) is 2.44. The number of nitrogens with one attached hydrogen (secondary N) is 2. The normalized spacial score (nSPS) is 19.3. The van der Waals surface area contributed by atoms with Crippen LogP contribution in [0, 0.1) is 5.41 Å². The Morgan fingerprint density at radius 2 is 2.12 bits per heavy atom. The van der Waals surface area contributed by atoms with Crippen LogP contribution >= 0.6 is 0 Å². The van der Waals surface area contributed by atoms with E-state index in [1.165, 1.54) is 31.5 Å². The Kier molecular flexibility index (Phi) is 4.51. The molecule has 0 saturated heterocycles. The quantitative estimate of drug-likeness (QED) is 0.861. The first-order chi connectivity index (χ1) is 11.3. The highest BCUT2D eigenvalue weighted by Crippen LogP contribution is 2.55. The smallest absolute Gasteiger partial charge is 0.422 e. The van der Waals surface area contributed by atoms with Gasteiger partial charge in [0.1, 0.15) is 0 Å². The molecule has 0 unspecified atom stereocenters. The minimum atomic E-state index is -4.43. The first kappa shape index (κ1) is 16.8. The predicted molar refractivity (Wildman–Crippen MR) is 78.3 cm³/mol. The van der Waals surface area contributed by atoms with E-state index in [0.717, 1.165) is 12.8 Å². The number of rotatable bonds is 5. The highest BCUT2D eigenvalue weighted by atomic mass is 19.4. The van der Waals surface area contributed by atoms with E-state index in [1.807, 2.05) is 0 Å². The van der Waals surface area contributed by atoms with E-state index >= 15 is 0 Å². The van der Waals surface area contributed by atoms with E-state index in [9.17, 15) is 18.0 Å². The molecule has 6 nitrogen and oxygen atoms in total. The maximum Gasteiger partial charge on any atom is 0.422 e. The van der Waals surface area contributed by atoms with E-state index in [0.29, 0.717) is 5.41 Å². The number of aromatic nitrogens is 2. The van der Waals surface area contributed by atoms with Gasteiger partial charge in [0.2, 0.25) is 5.88 Å². The van der Waals surface area contributed by atoms with Crippen molar-refractivity contribution in [2.24, 2.45) is 5.41 Å². The second kappa shape index (κ2) is 6.45. The van der Waals surface area contributed by atoms with Crippen molar-refractivity contribution in [1.82, 2.24) is 20.6 Å². The molecule has 1 aromatic heterocycles. The Labute approximate surface area is 137 Å². The fourth-order valence-electron chi connectivity index (χ4n) is 3.27. The summed E-state index contributed by atoms with van der Waals surface area (Å²) in [5.74, 6) is 0.0133. The summed E-state index contributed by atoms with van der Waals surface area (Å²) in [6.07, 6.45) is 2.71. The number of carbonyl (C=O) groups is 1. The van der Waals surface area contributed by atoms with Gasteiger partial charge < -0.3 is 15.4 Å². The fourth-order valence-corrected chi connectivity index (χ4v) is 3.27. The lowest BCUT2D eigenvalue weighted by molar-refractivity contribution is -0.154. The number of ether oxygens (including phenoxy) is 1. The molecule has 0 aromatic carbocycles. The van der Waals surface area contributed by atoms with Gasteiger partial charge in [-0.15, -0.1) is 0 Å². The van der Waals surface area contributed by atoms with Crippen LogP contribution in [0.2, 0.25) is 0 Å². The molecule has 132 valence electrons. The van der Waals surface area contributed by atoms with Crippen molar-refractivity contribution < 1.29 is 22.7 Å². The molecular formula is C15H19F3N4O2. The van der Waals surface area contributed by atoms with Gasteiger partial charge in [0, 0.05) is 18.3 Å². The number of urea groups is 1. The number of alkyl halides is 3. The highest BCUT2D eigenvalue weighted by molar-refractivity contribution is 5.74. The molecule has 2 saturated carbocycles. The van der Waals surface area contributed by atoms with Crippen molar-refractivity contribution in [2.45, 2.75) is 50.9 Å². The van der Waals surface area contributed by atoms with Gasteiger partial charge >= 0.3 is 12.2 Å². The third-order valence-electron chi connectivity index (χ3n) is 4.58. The zero-order chi connectivity index (χ0) is 17.2. The number of halogens is 3. The molecule has 9 heteroatoms. The maximum absolute atomic E-state index is 12.1. The second-order valence-corrected chi connectivity index (χ2v) is 6.50. The number of carbonyl (C=O) groups excluding carboxylic acids is 1. The lowest BCUT2D eigenvalue weighted by Crippen LogP contribution is -2.55. The predicted octanol–water partition coefficient (Wildman–Crippen LogP) is 2.55. The molecule has 1 spiro atoms. The summed E-state index contributed by atoms with van der Waals surface area (Å²) in [6, 6.07) is 1.12. The van der Waals surface area contributed by atoms with Crippen molar-refractivity contribution in [2.75, 3.05) is 6.61 Å². The standard InChI is InChI=1S/C15H19F3N4O2/c16-15(17,18)9-24-12-2-5-19-11(22-12)8-20-13(23)21-10-6-14(7-10)3-1-4-14/h2,5,10H,1,3-4,6-9H2,(H2,20,21,23). The Morgan fingerprint density at radius 1 is 1.38 bits per heavy atom. The largest absolute Gasteiger partial charge is 0.468 e. The Hall–Kier alpha value is -2.06. The van der Waals surface area contributed by atoms with E-state index in [4.69, 9.17) is 0 Å². The van der Waals surface area contributed by atoms with Gasteiger partial charge in [-0.1, -0.05) is 6.42 Å². The highest BCUT2D eigenvalue weighted by Gasteiger charge is 2.48. The zero-order valence-corrected chi connectivity index (χ0v) is 13.0. The molecule has 3 rings (SSSR count). The van der Waals surface area contributed by atoms with Crippen molar-refractivity contribution in [1.29, 1.82) is 0 Å². The van der Waals surface area contributed by atoms with Gasteiger partial charge in [-0.2, -0.15) is 18.2 Å². The fraction of sp³-hybridized carbons (Fsp3) is 0.667. The van der Waals surface area contributed by atoms with Crippen LogP contribution in [-0.2, 0) is 6.54 Å². The molecule has 0 radical (unpaired) electrons. The molecule has 2 fully saturated rings. The molecule has 1 aromatic rings. The first-order valence-corrected chi connectivity index (χ1v) is 7.89. The van der Waals surface area contributed by atoms with Gasteiger partial charge in [0.25, 0.3) is 0 Å². The lowest BCUT2D eigenvalue weighted by Gasteiger charge is -2.54. The third-order valence-corrected chi connectivity index (χ3v) is 4.58. The first-order valence-electron chi connectivity index (χ1n) is 7.89. The third kappa shape index (κ3) is 4.27. The lowest BCUT2D eigenvalue weighted by atomic mass is 9.54. The van der Waals surface area contributed by atoms with Crippen LogP contribution in [0.5, 0.6) is 5.88 Å². The Balaban J connectivity index is 1.40. The summed E-state index contributed by atoms with van der Waals surface area (Å²) in [5.41, 5.74) is 0.477. The molecule has 2 aliphatic rings. The summed E-state index contributed by atoms with van der Waals surface area (Å²) in [6.45, 7) is -1.40. The van der Waals surface area contributed by atoms with Gasteiger partial charge in [-0.05, 0) is 31.1 Å². The summed E-state index contributed by atoms with van der Waals surface area (Å²) >= 11 is 0. The zero-order valence-electron chi connectivity index (χ0n) is 13.0. The minimum absolute atomic E-state index is 0.0207. The minimum Gasteiger partial charge on any atom is -0.468 e. The Morgan fingerprint density at radius 3 is 2.75 bits per heavy atom. The maximum atomic E-state index is 12.1. The molecule has 2 aliphatic carbocycles. The number of amides is 2. The van der Waals surface area contributed by atoms with E-state index < -0.39 is 12.8 Å². The van der Waals surface area contributed by atoms with Crippen LogP contribution in [0.25, 0.3) is 0 Å². The van der Waals surface area contributed by atoms with Crippen molar-refractivity contribution in [3.05, 3.63) is 18.1 Å². The van der Waals surface area contributed by atoms with E-state index in [1.54, 1.807) is 0 Å². The van der Waals surface area contributed by atoms with E-state index in [-0.39, 0.29) is 30.3 Å². The summed E-state index contributed by atoms with van der Waals surface area (Å²) in [7, 11) is 0. The molecule has 0 bridgehead atoms. The monoisotopic (exact) mass is 344 g/mol. The molecule has 0 atom stereocenters. The molecular weight excluding hydrogens is 325 g/mol. The van der Waals surface area contributed by atoms with Crippen LogP contribution < -0.4 is 15.4 Å². The number of hydrogen-bond donors (Lipinski definition) is 2. The summed E-state index contributed by atoms with van der Waals surface area (Å²) in [5, 5.41) is 5.49. The molecule has 1 heterocycles. The molecule has 2 N–H and O–H groups in total. The Bertz CT molecular complexity index is 597. The van der Waals surface area contributed by atoms with Gasteiger partial charge in [-0.25, -0.2) is 9.78 Å². The van der Waals surface area contributed by atoms with Crippen molar-refractivity contribution >= 4 is 6.03 Å². The van der Waals surface area contributed by atoms with Crippen LogP contribution in [0.1, 0.15) is 37.9 Å². The SMILES string of the molecule is O=C(NCc1nccc(OCC(F)(F)F)n1)NC1CC2(CCC2)C1. The summed E-state index contributed by atoms with van der Waals surface area (Å²) < 4.78 is 40.9. The molecule has 0 aliphatic heterocycles. The number of hydrogen-bond acceptors (Lipinski definition) is 4.